The van der Waals surface area contributed by atoms with Gasteiger partial charge in [0.1, 0.15) is 18.2 Å². The third-order valence-corrected chi connectivity index (χ3v) is 5.72. The van der Waals surface area contributed by atoms with Crippen molar-refractivity contribution >= 4 is 52.2 Å². The Balaban J connectivity index is 1.65. The summed E-state index contributed by atoms with van der Waals surface area (Å²) >= 11 is 12.9. The predicted molar refractivity (Wildman–Crippen MR) is 123 cm³/mol. The Morgan fingerprint density at radius 1 is 1.27 bits per heavy atom. The average Bonchev–Trinajstić information content (AvgIpc) is 3.16. The van der Waals surface area contributed by atoms with Gasteiger partial charge in [-0.25, -0.2) is 4.39 Å². The molecule has 0 aliphatic carbocycles. The van der Waals surface area contributed by atoms with Crippen molar-refractivity contribution in [1.82, 2.24) is 14.8 Å². The first kappa shape index (κ1) is 24.5. The molecular weight excluding hydrogens is 496 g/mol. The van der Waals surface area contributed by atoms with Gasteiger partial charge in [-0.15, -0.1) is 16.8 Å². The molecule has 3 rings (SSSR count). The van der Waals surface area contributed by atoms with Gasteiger partial charge in [-0.05, 0) is 18.2 Å². The van der Waals surface area contributed by atoms with Gasteiger partial charge >= 0.3 is 0 Å². The van der Waals surface area contributed by atoms with Crippen molar-refractivity contribution in [3.8, 4) is 5.75 Å². The number of ether oxygens (including phenoxy) is 1. The van der Waals surface area contributed by atoms with Crippen LogP contribution < -0.4 is 10.1 Å². The molecule has 0 radical (unpaired) electrons. The van der Waals surface area contributed by atoms with Gasteiger partial charge in [0.15, 0.2) is 11.0 Å². The minimum absolute atomic E-state index is 0.0266. The molecular formula is C20H16Cl2FN5O4S. The van der Waals surface area contributed by atoms with Crippen molar-refractivity contribution in [1.29, 1.82) is 0 Å². The van der Waals surface area contributed by atoms with Crippen LogP contribution in [0.4, 0.5) is 15.8 Å². The Kier molecular flexibility index (Phi) is 8.26. The monoisotopic (exact) mass is 511 g/mol. The lowest BCUT2D eigenvalue weighted by Gasteiger charge is -2.10. The Labute approximate surface area is 201 Å². The van der Waals surface area contributed by atoms with Crippen LogP contribution in [0.25, 0.3) is 0 Å². The molecule has 0 aliphatic rings. The zero-order valence-electron chi connectivity index (χ0n) is 16.8. The number of amides is 1. The number of allylic oxidation sites excluding steroid dienone is 1. The van der Waals surface area contributed by atoms with E-state index in [2.05, 4.69) is 22.1 Å². The van der Waals surface area contributed by atoms with Gasteiger partial charge in [-0.2, -0.15) is 0 Å². The number of anilines is 1. The lowest BCUT2D eigenvalue weighted by atomic mass is 10.3. The van der Waals surface area contributed by atoms with E-state index in [0.29, 0.717) is 23.3 Å². The summed E-state index contributed by atoms with van der Waals surface area (Å²) in [6.45, 7) is 4.09. The Hall–Kier alpha value is -3.15. The summed E-state index contributed by atoms with van der Waals surface area (Å²) in [6, 6.07) is 7.75. The minimum atomic E-state index is -0.581. The number of thioether (sulfide) groups is 1. The van der Waals surface area contributed by atoms with Gasteiger partial charge in [0.05, 0.1) is 26.4 Å². The maximum absolute atomic E-state index is 13.3. The summed E-state index contributed by atoms with van der Waals surface area (Å²) in [5, 5.41) is 22.2. The number of carbonyl (C=O) groups is 1. The van der Waals surface area contributed by atoms with Crippen LogP contribution in [0.1, 0.15) is 5.82 Å². The van der Waals surface area contributed by atoms with E-state index in [1.54, 1.807) is 10.6 Å². The number of hydrogen-bond acceptors (Lipinski definition) is 7. The summed E-state index contributed by atoms with van der Waals surface area (Å²) in [5.74, 6) is -0.226. The van der Waals surface area contributed by atoms with Gasteiger partial charge in [0.25, 0.3) is 5.69 Å². The molecule has 172 valence electrons. The van der Waals surface area contributed by atoms with Crippen LogP contribution in [-0.2, 0) is 17.9 Å². The summed E-state index contributed by atoms with van der Waals surface area (Å²) in [4.78, 5) is 22.7. The molecule has 3 aromatic rings. The number of rotatable bonds is 10. The van der Waals surface area contributed by atoms with Crippen molar-refractivity contribution in [3.63, 3.8) is 0 Å². The maximum atomic E-state index is 13.3. The number of halogens is 3. The molecule has 33 heavy (non-hydrogen) atoms. The highest BCUT2D eigenvalue weighted by molar-refractivity contribution is 7.99. The number of aromatic nitrogens is 3. The van der Waals surface area contributed by atoms with E-state index < -0.39 is 16.6 Å². The van der Waals surface area contributed by atoms with Crippen molar-refractivity contribution in [2.24, 2.45) is 0 Å². The fourth-order valence-corrected chi connectivity index (χ4v) is 3.70. The third-order valence-electron chi connectivity index (χ3n) is 4.13. The highest BCUT2D eigenvalue weighted by Gasteiger charge is 2.16. The molecule has 0 saturated carbocycles. The predicted octanol–water partition coefficient (Wildman–Crippen LogP) is 5.13. The van der Waals surface area contributed by atoms with E-state index in [9.17, 15) is 19.3 Å². The second-order valence-corrected chi connectivity index (χ2v) is 8.18. The van der Waals surface area contributed by atoms with E-state index >= 15 is 0 Å². The SMILES string of the molecule is C=CCn1c(COc2ccc(F)c(Cl)c2)nnc1SCC(=O)Nc1cc([N+](=O)[O-])ccc1Cl. The standard InChI is InChI=1S/C20H16Cl2FN5O4S/c1-2-7-27-18(10-32-13-4-6-16(23)15(22)9-13)25-26-20(27)33-11-19(29)24-17-8-12(28(30)31)3-5-14(17)21/h2-6,8-9H,1,7,10-11H2,(H,24,29). The zero-order valence-corrected chi connectivity index (χ0v) is 19.2. The van der Waals surface area contributed by atoms with Crippen LogP contribution in [-0.4, -0.2) is 31.3 Å². The van der Waals surface area contributed by atoms with E-state index in [4.69, 9.17) is 27.9 Å². The topological polar surface area (TPSA) is 112 Å². The molecule has 1 amide bonds. The number of nitrogens with zero attached hydrogens (tertiary/aromatic N) is 4. The summed E-state index contributed by atoms with van der Waals surface area (Å²) in [5.41, 5.74) is -0.0590. The molecule has 1 aromatic heterocycles. The molecule has 9 nitrogen and oxygen atoms in total. The number of nitro benzene ring substituents is 1. The number of carbonyl (C=O) groups excluding carboxylic acids is 1. The van der Waals surface area contributed by atoms with E-state index in [1.165, 1.54) is 36.4 Å². The maximum Gasteiger partial charge on any atom is 0.271 e. The number of hydrogen-bond donors (Lipinski definition) is 1. The average molecular weight is 512 g/mol. The van der Waals surface area contributed by atoms with Crippen LogP contribution in [0.15, 0.2) is 54.2 Å². The molecule has 0 bridgehead atoms. The fourth-order valence-electron chi connectivity index (χ4n) is 2.60. The van der Waals surface area contributed by atoms with Crippen LogP contribution in [0.3, 0.4) is 0 Å². The molecule has 0 saturated heterocycles. The van der Waals surface area contributed by atoms with E-state index in [1.807, 2.05) is 0 Å². The zero-order chi connectivity index (χ0) is 24.0. The van der Waals surface area contributed by atoms with Gasteiger partial charge in [-0.1, -0.05) is 41.0 Å². The summed E-state index contributed by atoms with van der Waals surface area (Å²) in [7, 11) is 0. The van der Waals surface area contributed by atoms with Crippen molar-refractivity contribution in [3.05, 3.63) is 80.9 Å². The molecule has 0 fully saturated rings. The Bertz CT molecular complexity index is 1210. The van der Waals surface area contributed by atoms with Gasteiger partial charge in [-0.3, -0.25) is 19.5 Å². The fraction of sp³-hybridized carbons (Fsp3) is 0.150. The summed E-state index contributed by atoms with van der Waals surface area (Å²) in [6.07, 6.45) is 1.63. The largest absolute Gasteiger partial charge is 0.486 e. The minimum Gasteiger partial charge on any atom is -0.486 e. The highest BCUT2D eigenvalue weighted by atomic mass is 35.5. The van der Waals surface area contributed by atoms with Crippen molar-refractivity contribution < 1.29 is 18.8 Å². The second kappa shape index (κ2) is 11.1. The summed E-state index contributed by atoms with van der Waals surface area (Å²) < 4.78 is 20.6. The normalized spacial score (nSPS) is 10.6. The molecule has 0 unspecified atom stereocenters. The number of nitrogens with one attached hydrogen (secondary N) is 1. The van der Waals surface area contributed by atoms with Crippen LogP contribution in [0.2, 0.25) is 10.0 Å². The molecule has 0 spiro atoms. The number of non-ortho nitro benzene ring substituents is 1. The first-order valence-electron chi connectivity index (χ1n) is 9.26. The lowest BCUT2D eigenvalue weighted by Crippen LogP contribution is -2.15. The van der Waals surface area contributed by atoms with Crippen LogP contribution in [0, 0.1) is 15.9 Å². The molecule has 0 aliphatic heterocycles. The van der Waals surface area contributed by atoms with Gasteiger partial charge in [0, 0.05) is 24.7 Å². The number of benzene rings is 2. The smallest absolute Gasteiger partial charge is 0.271 e. The van der Waals surface area contributed by atoms with Crippen molar-refractivity contribution in [2.75, 3.05) is 11.1 Å². The van der Waals surface area contributed by atoms with Crippen LogP contribution >= 0.6 is 35.0 Å². The van der Waals surface area contributed by atoms with Gasteiger partial charge < -0.3 is 10.1 Å². The van der Waals surface area contributed by atoms with Crippen molar-refractivity contribution in [2.45, 2.75) is 18.3 Å². The van der Waals surface area contributed by atoms with E-state index in [0.717, 1.165) is 11.8 Å². The molecule has 13 heteroatoms. The van der Waals surface area contributed by atoms with E-state index in [-0.39, 0.29) is 33.8 Å². The number of nitro groups is 1. The first-order chi connectivity index (χ1) is 15.8. The molecule has 1 N–H and O–H groups in total. The first-order valence-corrected chi connectivity index (χ1v) is 11.0. The lowest BCUT2D eigenvalue weighted by molar-refractivity contribution is -0.384. The molecule has 0 atom stereocenters. The van der Waals surface area contributed by atoms with Crippen LogP contribution in [0.5, 0.6) is 5.75 Å². The quantitative estimate of drug-likeness (QED) is 0.174. The molecule has 2 aromatic carbocycles. The highest BCUT2D eigenvalue weighted by Crippen LogP contribution is 2.27. The Morgan fingerprint density at radius 2 is 2.06 bits per heavy atom. The molecule has 1 heterocycles. The second-order valence-electron chi connectivity index (χ2n) is 6.42. The Morgan fingerprint density at radius 3 is 2.76 bits per heavy atom. The van der Waals surface area contributed by atoms with Gasteiger partial charge in [0.2, 0.25) is 5.91 Å². The third kappa shape index (κ3) is 6.44.